The van der Waals surface area contributed by atoms with E-state index in [0.717, 1.165) is 44.8 Å². The molecule has 0 amide bonds. The molecule has 1 aromatic heterocycles. The maximum atomic E-state index is 4.73. The van der Waals surface area contributed by atoms with Crippen molar-refractivity contribution in [2.45, 2.75) is 0 Å². The summed E-state index contributed by atoms with van der Waals surface area (Å²) in [5, 5.41) is 15.7. The molecule has 0 atom stereocenters. The van der Waals surface area contributed by atoms with Gasteiger partial charge in [-0.15, -0.1) is 0 Å². The maximum absolute atomic E-state index is 4.73. The van der Waals surface area contributed by atoms with Crippen molar-refractivity contribution in [3.8, 4) is 11.1 Å². The average molecular weight is 321 g/mol. The van der Waals surface area contributed by atoms with Crippen molar-refractivity contribution < 1.29 is 0 Å². The van der Waals surface area contributed by atoms with E-state index in [0.29, 0.717) is 0 Å². The van der Waals surface area contributed by atoms with Crippen LogP contribution >= 0.6 is 0 Å². The first kappa shape index (κ1) is 15.9. The molecule has 0 fully saturated rings. The highest BCUT2D eigenvalue weighted by Crippen LogP contribution is 2.41. The summed E-state index contributed by atoms with van der Waals surface area (Å²) in [6.45, 7) is 3.91. The van der Waals surface area contributed by atoms with E-state index in [4.69, 9.17) is 5.10 Å². The molecule has 5 nitrogen and oxygen atoms in total. The molecule has 0 unspecified atom stereocenters. The van der Waals surface area contributed by atoms with Crippen LogP contribution in [0.15, 0.2) is 36.9 Å². The Kier molecular flexibility index (Phi) is 4.16. The van der Waals surface area contributed by atoms with Gasteiger partial charge in [-0.05, 0) is 18.2 Å². The molecule has 0 aliphatic rings. The molecule has 2 aromatic carbocycles. The first-order valence-corrected chi connectivity index (χ1v) is 7.94. The van der Waals surface area contributed by atoms with Crippen molar-refractivity contribution in [1.82, 2.24) is 9.78 Å². The minimum atomic E-state index is 0.972. The van der Waals surface area contributed by atoms with Gasteiger partial charge in [-0.2, -0.15) is 5.10 Å². The van der Waals surface area contributed by atoms with Crippen LogP contribution in [0.2, 0.25) is 0 Å². The number of hydrogen-bond acceptors (Lipinski definition) is 4. The molecule has 24 heavy (non-hydrogen) atoms. The second kappa shape index (κ2) is 6.28. The van der Waals surface area contributed by atoms with Crippen LogP contribution in [0, 0.1) is 0 Å². The summed E-state index contributed by atoms with van der Waals surface area (Å²) in [6.07, 6.45) is 1.85. The lowest BCUT2D eigenvalue weighted by atomic mass is 9.97. The van der Waals surface area contributed by atoms with Crippen LogP contribution in [0.5, 0.6) is 0 Å². The van der Waals surface area contributed by atoms with Crippen LogP contribution in [-0.4, -0.2) is 30.9 Å². The molecule has 0 aliphatic heterocycles. The number of aromatic nitrogens is 2. The molecule has 0 spiro atoms. The van der Waals surface area contributed by atoms with E-state index in [-0.39, 0.29) is 0 Å². The number of nitrogens with one attached hydrogen (secondary N) is 3. The van der Waals surface area contributed by atoms with Gasteiger partial charge in [0.05, 0.1) is 5.69 Å². The summed E-state index contributed by atoms with van der Waals surface area (Å²) in [5.74, 6) is 0. The van der Waals surface area contributed by atoms with Gasteiger partial charge in [-0.25, -0.2) is 0 Å². The lowest BCUT2D eigenvalue weighted by Gasteiger charge is -2.17. The van der Waals surface area contributed by atoms with E-state index in [9.17, 15) is 0 Å². The Morgan fingerprint density at radius 2 is 1.71 bits per heavy atom. The lowest BCUT2D eigenvalue weighted by molar-refractivity contribution is 0.771. The van der Waals surface area contributed by atoms with Crippen molar-refractivity contribution >= 4 is 34.0 Å². The second-order valence-electron chi connectivity index (χ2n) is 5.61. The van der Waals surface area contributed by atoms with E-state index in [1.54, 1.807) is 0 Å². The first-order valence-electron chi connectivity index (χ1n) is 7.94. The van der Waals surface area contributed by atoms with Gasteiger partial charge in [0.2, 0.25) is 0 Å². The smallest absolute Gasteiger partial charge is 0.101 e. The summed E-state index contributed by atoms with van der Waals surface area (Å²) in [6, 6.07) is 10.5. The number of rotatable bonds is 5. The third-order valence-electron chi connectivity index (χ3n) is 4.34. The van der Waals surface area contributed by atoms with Crippen LogP contribution in [0.4, 0.5) is 17.1 Å². The summed E-state index contributed by atoms with van der Waals surface area (Å²) in [7, 11) is 7.74. The van der Waals surface area contributed by atoms with Crippen molar-refractivity contribution in [2.24, 2.45) is 7.05 Å². The van der Waals surface area contributed by atoms with Gasteiger partial charge in [0.25, 0.3) is 0 Å². The van der Waals surface area contributed by atoms with Crippen molar-refractivity contribution in [2.75, 3.05) is 37.1 Å². The highest BCUT2D eigenvalue weighted by molar-refractivity contribution is 6.04. The van der Waals surface area contributed by atoms with E-state index in [1.165, 1.54) is 0 Å². The number of anilines is 3. The predicted molar refractivity (Wildman–Crippen MR) is 105 cm³/mol. The Balaban J connectivity index is 2.37. The number of fused-ring (bicyclic) bond motifs is 1. The lowest BCUT2D eigenvalue weighted by Crippen LogP contribution is -2.01. The SMILES string of the molecule is C=Cc1c2cccc(-c3c(NC)cc(NC)cc3NC)c2nn1C. The maximum Gasteiger partial charge on any atom is 0.101 e. The van der Waals surface area contributed by atoms with Crippen molar-refractivity contribution in [1.29, 1.82) is 0 Å². The van der Waals surface area contributed by atoms with Crippen molar-refractivity contribution in [3.63, 3.8) is 0 Å². The van der Waals surface area contributed by atoms with Gasteiger partial charge in [0.15, 0.2) is 0 Å². The van der Waals surface area contributed by atoms with Gasteiger partial charge in [-0.1, -0.05) is 24.8 Å². The molecule has 0 aliphatic carbocycles. The van der Waals surface area contributed by atoms with Gasteiger partial charge in [0.1, 0.15) is 5.52 Å². The zero-order valence-corrected chi connectivity index (χ0v) is 14.6. The van der Waals surface area contributed by atoms with E-state index >= 15 is 0 Å². The Labute approximate surface area is 142 Å². The topological polar surface area (TPSA) is 53.9 Å². The standard InChI is InChI=1S/C19H23N5/c1-6-17-13-8-7-9-14(19(13)23-24(17)5)18-15(21-3)10-12(20-2)11-16(18)22-4/h6-11,20-22H,1H2,2-5H3. The van der Waals surface area contributed by atoms with Crippen LogP contribution in [0.25, 0.3) is 28.1 Å². The summed E-state index contributed by atoms with van der Waals surface area (Å²) in [4.78, 5) is 0. The Morgan fingerprint density at radius 1 is 1.04 bits per heavy atom. The van der Waals surface area contributed by atoms with Crippen LogP contribution in [0.1, 0.15) is 5.69 Å². The fourth-order valence-corrected chi connectivity index (χ4v) is 3.15. The molecule has 0 saturated carbocycles. The highest BCUT2D eigenvalue weighted by Gasteiger charge is 2.17. The van der Waals surface area contributed by atoms with Crippen LogP contribution < -0.4 is 16.0 Å². The van der Waals surface area contributed by atoms with Gasteiger partial charge in [-0.3, -0.25) is 4.68 Å². The third kappa shape index (κ3) is 2.38. The Hall–Kier alpha value is -2.95. The summed E-state index contributed by atoms with van der Waals surface area (Å²) >= 11 is 0. The molecule has 3 N–H and O–H groups in total. The van der Waals surface area contributed by atoms with Crippen LogP contribution in [0.3, 0.4) is 0 Å². The Bertz CT molecular complexity index is 883. The predicted octanol–water partition coefficient (Wildman–Crippen LogP) is 4.01. The van der Waals surface area contributed by atoms with Crippen molar-refractivity contribution in [3.05, 3.63) is 42.6 Å². The molecule has 5 heteroatoms. The molecular weight excluding hydrogens is 298 g/mol. The molecular formula is C19H23N5. The first-order chi connectivity index (χ1) is 11.6. The number of aryl methyl sites for hydroxylation is 1. The fraction of sp³-hybridized carbons (Fsp3) is 0.211. The molecule has 3 rings (SSSR count). The van der Waals surface area contributed by atoms with Crippen LogP contribution in [-0.2, 0) is 7.05 Å². The molecule has 1 heterocycles. The number of hydrogen-bond donors (Lipinski definition) is 3. The number of nitrogens with zero attached hydrogens (tertiary/aromatic N) is 2. The summed E-state index contributed by atoms with van der Waals surface area (Å²) in [5.41, 5.74) is 7.34. The fourth-order valence-electron chi connectivity index (χ4n) is 3.15. The normalized spacial score (nSPS) is 10.7. The Morgan fingerprint density at radius 3 is 2.25 bits per heavy atom. The minimum absolute atomic E-state index is 0.972. The molecule has 124 valence electrons. The summed E-state index contributed by atoms with van der Waals surface area (Å²) < 4.78 is 1.88. The molecule has 0 radical (unpaired) electrons. The van der Waals surface area contributed by atoms with Gasteiger partial charge >= 0.3 is 0 Å². The molecule has 0 bridgehead atoms. The zero-order chi connectivity index (χ0) is 17.3. The second-order valence-corrected chi connectivity index (χ2v) is 5.61. The molecule has 0 saturated heterocycles. The largest absolute Gasteiger partial charge is 0.388 e. The average Bonchev–Trinajstić information content (AvgIpc) is 2.95. The monoisotopic (exact) mass is 321 g/mol. The quantitative estimate of drug-likeness (QED) is 0.664. The highest BCUT2D eigenvalue weighted by atomic mass is 15.3. The van der Waals surface area contributed by atoms with Gasteiger partial charge < -0.3 is 16.0 Å². The minimum Gasteiger partial charge on any atom is -0.388 e. The van der Waals surface area contributed by atoms with Gasteiger partial charge in [0, 0.05) is 61.8 Å². The van der Waals surface area contributed by atoms with E-state index < -0.39 is 0 Å². The van der Waals surface area contributed by atoms with E-state index in [1.807, 2.05) is 38.9 Å². The molecule has 3 aromatic rings. The third-order valence-corrected chi connectivity index (χ3v) is 4.34. The number of benzene rings is 2. The zero-order valence-electron chi connectivity index (χ0n) is 14.6. The van der Waals surface area contributed by atoms with E-state index in [2.05, 4.69) is 52.9 Å².